The zero-order valence-electron chi connectivity index (χ0n) is 29.6. The average Bonchev–Trinajstić information content (AvgIpc) is 3.40. The molecule has 7 rings (SSSR count). The molecule has 0 N–H and O–H groups in total. The molecular weight excluding hydrogens is 571 g/mol. The highest BCUT2D eigenvalue weighted by atomic mass is 15.2. The highest BCUT2D eigenvalue weighted by Gasteiger charge is 2.45. The third kappa shape index (κ3) is 5.57. The van der Waals surface area contributed by atoms with Crippen LogP contribution in [-0.2, 0) is 10.8 Å². The fourth-order valence-electron chi connectivity index (χ4n) is 8.97. The van der Waals surface area contributed by atoms with Crippen molar-refractivity contribution in [3.8, 4) is 0 Å². The molecule has 3 aliphatic rings. The molecule has 47 heavy (non-hydrogen) atoms. The van der Waals surface area contributed by atoms with Crippen LogP contribution < -0.4 is 4.90 Å². The Balaban J connectivity index is 1.16. The first-order valence-electron chi connectivity index (χ1n) is 17.7. The molecular formula is C44H52N3+. The van der Waals surface area contributed by atoms with Crippen LogP contribution in [0.5, 0.6) is 0 Å². The van der Waals surface area contributed by atoms with E-state index in [-0.39, 0.29) is 10.8 Å². The van der Waals surface area contributed by atoms with Gasteiger partial charge in [0.25, 0.3) is 0 Å². The van der Waals surface area contributed by atoms with Gasteiger partial charge in [-0.3, -0.25) is 0 Å². The second-order valence-electron chi connectivity index (χ2n) is 15.4. The highest BCUT2D eigenvalue weighted by molar-refractivity contribution is 6.07. The van der Waals surface area contributed by atoms with Gasteiger partial charge in [-0.05, 0) is 111 Å². The van der Waals surface area contributed by atoms with Crippen molar-refractivity contribution in [3.63, 3.8) is 0 Å². The minimum Gasteiger partial charge on any atom is -0.367 e. The summed E-state index contributed by atoms with van der Waals surface area (Å²) in [5, 5.41) is 5.46. The molecule has 0 spiro atoms. The van der Waals surface area contributed by atoms with E-state index in [1.807, 2.05) is 0 Å². The summed E-state index contributed by atoms with van der Waals surface area (Å²) >= 11 is 0. The van der Waals surface area contributed by atoms with Gasteiger partial charge in [0.1, 0.15) is 7.05 Å². The van der Waals surface area contributed by atoms with Crippen molar-refractivity contribution in [1.29, 1.82) is 0 Å². The summed E-state index contributed by atoms with van der Waals surface area (Å²) in [5.74, 6) is 0. The predicted molar refractivity (Wildman–Crippen MR) is 203 cm³/mol. The minimum absolute atomic E-state index is 0.0565. The molecule has 3 nitrogen and oxygen atoms in total. The van der Waals surface area contributed by atoms with Crippen molar-refractivity contribution in [3.05, 3.63) is 119 Å². The Kier molecular flexibility index (Phi) is 8.25. The van der Waals surface area contributed by atoms with Crippen LogP contribution in [0.1, 0.15) is 70.9 Å². The zero-order valence-corrected chi connectivity index (χ0v) is 29.6. The number of fused-ring (bicyclic) bond motifs is 6. The maximum Gasteiger partial charge on any atom is 0.210 e. The minimum atomic E-state index is -0.0569. The third-order valence-electron chi connectivity index (χ3n) is 11.3. The third-order valence-corrected chi connectivity index (χ3v) is 11.3. The number of rotatable bonds is 8. The number of anilines is 1. The van der Waals surface area contributed by atoms with Crippen LogP contribution in [0.15, 0.2) is 108 Å². The van der Waals surface area contributed by atoms with E-state index in [1.54, 1.807) is 0 Å². The smallest absolute Gasteiger partial charge is 0.210 e. The van der Waals surface area contributed by atoms with Crippen LogP contribution in [0.25, 0.3) is 21.5 Å². The molecule has 2 aliphatic heterocycles. The first-order chi connectivity index (χ1) is 22.6. The van der Waals surface area contributed by atoms with Crippen molar-refractivity contribution in [2.45, 2.75) is 76.7 Å². The molecule has 0 radical (unpaired) electrons. The Bertz CT molecular complexity index is 1970. The summed E-state index contributed by atoms with van der Waals surface area (Å²) in [7, 11) is 6.60. The van der Waals surface area contributed by atoms with E-state index in [9.17, 15) is 0 Å². The summed E-state index contributed by atoms with van der Waals surface area (Å²) in [5.41, 5.74) is 10.1. The fourth-order valence-corrected chi connectivity index (χ4v) is 8.97. The van der Waals surface area contributed by atoms with Crippen LogP contribution in [0.4, 0.5) is 11.4 Å². The van der Waals surface area contributed by atoms with Gasteiger partial charge >= 0.3 is 0 Å². The highest BCUT2D eigenvalue weighted by Crippen LogP contribution is 2.50. The molecule has 2 heterocycles. The topological polar surface area (TPSA) is 9.49 Å². The molecule has 1 unspecified atom stereocenters. The van der Waals surface area contributed by atoms with Crippen molar-refractivity contribution < 1.29 is 4.58 Å². The van der Waals surface area contributed by atoms with Crippen molar-refractivity contribution >= 4 is 38.6 Å². The van der Waals surface area contributed by atoms with Crippen LogP contribution in [-0.4, -0.2) is 55.5 Å². The lowest BCUT2D eigenvalue weighted by Crippen LogP contribution is -2.42. The van der Waals surface area contributed by atoms with Gasteiger partial charge in [-0.2, -0.15) is 4.58 Å². The molecule has 4 aromatic rings. The normalized spacial score (nSPS) is 21.0. The molecule has 4 aromatic carbocycles. The lowest BCUT2D eigenvalue weighted by atomic mass is 9.77. The average molecular weight is 623 g/mol. The molecule has 0 amide bonds. The zero-order chi connectivity index (χ0) is 32.9. The molecule has 1 aliphatic carbocycles. The first-order valence-corrected chi connectivity index (χ1v) is 17.7. The lowest BCUT2D eigenvalue weighted by molar-refractivity contribution is -0.401. The summed E-state index contributed by atoms with van der Waals surface area (Å²) in [6.07, 6.45) is 15.6. The molecule has 0 fully saturated rings. The number of hydrogen-bond acceptors (Lipinski definition) is 2. The van der Waals surface area contributed by atoms with E-state index >= 15 is 0 Å². The van der Waals surface area contributed by atoms with Crippen LogP contribution in [0.3, 0.4) is 0 Å². The summed E-state index contributed by atoms with van der Waals surface area (Å²) < 4.78 is 2.41. The van der Waals surface area contributed by atoms with E-state index in [0.717, 1.165) is 25.9 Å². The van der Waals surface area contributed by atoms with Gasteiger partial charge in [0.05, 0.1) is 5.41 Å². The van der Waals surface area contributed by atoms with E-state index in [0.29, 0.717) is 6.04 Å². The van der Waals surface area contributed by atoms with E-state index in [4.69, 9.17) is 0 Å². The molecule has 242 valence electrons. The molecule has 0 aromatic heterocycles. The Labute approximate surface area is 282 Å². The Hall–Kier alpha value is -3.95. The second kappa shape index (κ2) is 12.3. The quantitative estimate of drug-likeness (QED) is 0.181. The van der Waals surface area contributed by atoms with Crippen molar-refractivity contribution in [1.82, 2.24) is 4.90 Å². The Morgan fingerprint density at radius 2 is 1.51 bits per heavy atom. The van der Waals surface area contributed by atoms with Crippen LogP contribution in [0, 0.1) is 0 Å². The van der Waals surface area contributed by atoms with E-state index in [1.165, 1.54) is 80.2 Å². The Morgan fingerprint density at radius 3 is 2.23 bits per heavy atom. The van der Waals surface area contributed by atoms with E-state index < -0.39 is 0 Å². The largest absolute Gasteiger partial charge is 0.367 e. The monoisotopic (exact) mass is 622 g/mol. The standard InChI is InChI=1S/C44H52N3/c1-43(2)39(46(7)37-24-22-33-16-8-10-18-35(33)41(37)43)26-20-31-14-12-15-32(30-31)21-27-40-44(3,4)42-36-19-11-9-17-34(36)23-25-38(42)47(40)29-13-28-45(5)6/h8-11,16-26,30,40H,12-15,27-29H2,1-7H3/q+1/b26-20+,32-21+. The van der Waals surface area contributed by atoms with Gasteiger partial charge in [0.2, 0.25) is 5.69 Å². The maximum absolute atomic E-state index is 2.74. The van der Waals surface area contributed by atoms with Gasteiger partial charge in [-0.25, -0.2) is 0 Å². The summed E-state index contributed by atoms with van der Waals surface area (Å²) in [4.78, 5) is 5.05. The molecule has 0 saturated heterocycles. The molecule has 3 heteroatoms. The van der Waals surface area contributed by atoms with Crippen molar-refractivity contribution in [2.24, 2.45) is 0 Å². The number of allylic oxidation sites excluding steroid dienone is 5. The number of nitrogens with zero attached hydrogens (tertiary/aromatic N) is 3. The maximum atomic E-state index is 2.74. The summed E-state index contributed by atoms with van der Waals surface area (Å²) in [6.45, 7) is 11.9. The predicted octanol–water partition coefficient (Wildman–Crippen LogP) is 10.1. The van der Waals surface area contributed by atoms with Gasteiger partial charge in [-0.15, -0.1) is 0 Å². The Morgan fingerprint density at radius 1 is 0.830 bits per heavy atom. The van der Waals surface area contributed by atoms with Gasteiger partial charge in [0, 0.05) is 41.4 Å². The summed E-state index contributed by atoms with van der Waals surface area (Å²) in [6, 6.07) is 27.5. The molecule has 0 saturated carbocycles. The van der Waals surface area contributed by atoms with Crippen LogP contribution >= 0.6 is 0 Å². The SMILES string of the molecule is CN(C)CCCN1c2ccc3ccccc3c2C(C)(C)C1C/C=C1C=C(/C=C/C2=[N+](C)c3ccc4ccccc4c3C2(C)C)CCC/1. The van der Waals surface area contributed by atoms with Gasteiger partial charge < -0.3 is 9.80 Å². The molecule has 0 bridgehead atoms. The van der Waals surface area contributed by atoms with Crippen LogP contribution in [0.2, 0.25) is 0 Å². The molecule has 1 atom stereocenters. The van der Waals surface area contributed by atoms with Crippen molar-refractivity contribution in [2.75, 3.05) is 39.1 Å². The van der Waals surface area contributed by atoms with Gasteiger partial charge in [-0.1, -0.05) is 92.2 Å². The lowest BCUT2D eigenvalue weighted by Gasteiger charge is -2.35. The van der Waals surface area contributed by atoms with Gasteiger partial charge in [0.15, 0.2) is 5.71 Å². The number of benzene rings is 4. The second-order valence-corrected chi connectivity index (χ2v) is 15.4. The van der Waals surface area contributed by atoms with E-state index in [2.05, 4.69) is 160 Å². The first kappa shape index (κ1) is 31.6. The fraction of sp³-hybridized carbons (Fsp3) is 0.386. The number of hydrogen-bond donors (Lipinski definition) is 0.